The van der Waals surface area contributed by atoms with Crippen LogP contribution in [0.25, 0.3) is 0 Å². The lowest BCUT2D eigenvalue weighted by Crippen LogP contribution is -2.22. The van der Waals surface area contributed by atoms with Crippen LogP contribution in [0.15, 0.2) is 22.8 Å². The van der Waals surface area contributed by atoms with Crippen molar-refractivity contribution < 1.29 is 4.42 Å². The van der Waals surface area contributed by atoms with Gasteiger partial charge in [-0.25, -0.2) is 0 Å². The summed E-state index contributed by atoms with van der Waals surface area (Å²) in [7, 11) is 0. The van der Waals surface area contributed by atoms with Gasteiger partial charge < -0.3 is 9.73 Å². The van der Waals surface area contributed by atoms with Crippen LogP contribution in [0.1, 0.15) is 19.6 Å². The maximum Gasteiger partial charge on any atom is 0.113 e. The quantitative estimate of drug-likeness (QED) is 0.705. The molecule has 0 spiro atoms. The number of rotatable bonds is 7. The highest BCUT2D eigenvalue weighted by Gasteiger charge is 1.96. The van der Waals surface area contributed by atoms with Gasteiger partial charge in [0.15, 0.2) is 0 Å². The summed E-state index contributed by atoms with van der Waals surface area (Å²) in [4.78, 5) is 0. The van der Waals surface area contributed by atoms with Crippen LogP contribution in [0.3, 0.4) is 0 Å². The van der Waals surface area contributed by atoms with E-state index in [0.29, 0.717) is 0 Å². The summed E-state index contributed by atoms with van der Waals surface area (Å²) in [5.74, 6) is 3.94. The lowest BCUT2D eigenvalue weighted by molar-refractivity contribution is 0.530. The van der Waals surface area contributed by atoms with Crippen molar-refractivity contribution >= 4 is 11.8 Å². The molecule has 1 aromatic heterocycles. The van der Waals surface area contributed by atoms with Gasteiger partial charge in [-0.15, -0.1) is 0 Å². The molecule has 0 fully saturated rings. The van der Waals surface area contributed by atoms with Crippen LogP contribution in [-0.2, 0) is 5.75 Å². The first-order valence-electron chi connectivity index (χ1n) is 5.10. The topological polar surface area (TPSA) is 25.2 Å². The van der Waals surface area contributed by atoms with E-state index in [-0.39, 0.29) is 0 Å². The van der Waals surface area contributed by atoms with Crippen molar-refractivity contribution in [1.82, 2.24) is 5.32 Å². The molecule has 80 valence electrons. The van der Waals surface area contributed by atoms with E-state index in [1.165, 1.54) is 0 Å². The number of furan rings is 1. The lowest BCUT2D eigenvalue weighted by atomic mass is 10.2. The van der Waals surface area contributed by atoms with E-state index in [0.717, 1.165) is 36.3 Å². The molecule has 0 unspecified atom stereocenters. The molecule has 1 aromatic rings. The molecule has 3 heteroatoms. The summed E-state index contributed by atoms with van der Waals surface area (Å²) in [6.45, 7) is 6.65. The Hall–Kier alpha value is -0.410. The predicted octanol–water partition coefficient (Wildman–Crippen LogP) is 2.76. The Bertz CT molecular complexity index is 221. The van der Waals surface area contributed by atoms with E-state index in [1.54, 1.807) is 6.26 Å². The summed E-state index contributed by atoms with van der Waals surface area (Å²) in [6.07, 6.45) is 1.73. The molecule has 2 nitrogen and oxygen atoms in total. The minimum absolute atomic E-state index is 0.741. The van der Waals surface area contributed by atoms with Crippen molar-refractivity contribution in [3.8, 4) is 0 Å². The monoisotopic (exact) mass is 213 g/mol. The lowest BCUT2D eigenvalue weighted by Gasteiger charge is -2.06. The normalized spacial score (nSPS) is 11.1. The zero-order valence-electron chi connectivity index (χ0n) is 8.95. The molecule has 1 N–H and O–H groups in total. The predicted molar refractivity (Wildman–Crippen MR) is 62.6 cm³/mol. The number of nitrogens with one attached hydrogen (secondary N) is 1. The smallest absolute Gasteiger partial charge is 0.113 e. The van der Waals surface area contributed by atoms with E-state index in [1.807, 2.05) is 23.9 Å². The van der Waals surface area contributed by atoms with Crippen LogP contribution in [0, 0.1) is 5.92 Å². The third kappa shape index (κ3) is 5.35. The van der Waals surface area contributed by atoms with Crippen LogP contribution >= 0.6 is 11.8 Å². The van der Waals surface area contributed by atoms with Crippen molar-refractivity contribution in [2.45, 2.75) is 19.6 Å². The van der Waals surface area contributed by atoms with Crippen LogP contribution in [0.4, 0.5) is 0 Å². The first-order valence-corrected chi connectivity index (χ1v) is 6.25. The van der Waals surface area contributed by atoms with E-state index in [4.69, 9.17) is 4.42 Å². The van der Waals surface area contributed by atoms with Gasteiger partial charge in [0.1, 0.15) is 5.76 Å². The highest BCUT2D eigenvalue weighted by atomic mass is 32.2. The molecule has 0 aliphatic heterocycles. The molecule has 0 saturated carbocycles. The van der Waals surface area contributed by atoms with Gasteiger partial charge >= 0.3 is 0 Å². The summed E-state index contributed by atoms with van der Waals surface area (Å²) in [5.41, 5.74) is 0. The average molecular weight is 213 g/mol. The molecule has 0 aliphatic rings. The Morgan fingerprint density at radius 2 is 2.36 bits per heavy atom. The maximum atomic E-state index is 5.24. The molecule has 0 aliphatic carbocycles. The van der Waals surface area contributed by atoms with Crippen LogP contribution in [0.2, 0.25) is 0 Å². The molecule has 0 atom stereocenters. The van der Waals surface area contributed by atoms with Gasteiger partial charge in [0.25, 0.3) is 0 Å². The number of hydrogen-bond donors (Lipinski definition) is 1. The summed E-state index contributed by atoms with van der Waals surface area (Å²) in [6, 6.07) is 3.96. The molecular weight excluding hydrogens is 194 g/mol. The molecule has 0 aromatic carbocycles. The third-order valence-electron chi connectivity index (χ3n) is 1.80. The summed E-state index contributed by atoms with van der Waals surface area (Å²) >= 11 is 1.91. The Labute approximate surface area is 90.5 Å². The summed E-state index contributed by atoms with van der Waals surface area (Å²) < 4.78 is 5.24. The maximum absolute atomic E-state index is 5.24. The van der Waals surface area contributed by atoms with E-state index in [9.17, 15) is 0 Å². The fraction of sp³-hybridized carbons (Fsp3) is 0.636. The zero-order valence-corrected chi connectivity index (χ0v) is 9.77. The van der Waals surface area contributed by atoms with Crippen molar-refractivity contribution in [3.63, 3.8) is 0 Å². The highest BCUT2D eigenvalue weighted by molar-refractivity contribution is 7.98. The van der Waals surface area contributed by atoms with Gasteiger partial charge in [-0.05, 0) is 24.6 Å². The fourth-order valence-electron chi connectivity index (χ4n) is 1.10. The van der Waals surface area contributed by atoms with E-state index in [2.05, 4.69) is 19.2 Å². The number of thioether (sulfide) groups is 1. The zero-order chi connectivity index (χ0) is 10.2. The van der Waals surface area contributed by atoms with Gasteiger partial charge in [0, 0.05) is 12.3 Å². The first-order chi connectivity index (χ1) is 6.79. The van der Waals surface area contributed by atoms with Gasteiger partial charge in [-0.3, -0.25) is 0 Å². The number of hydrogen-bond acceptors (Lipinski definition) is 3. The van der Waals surface area contributed by atoms with Crippen molar-refractivity contribution in [2.24, 2.45) is 5.92 Å². The van der Waals surface area contributed by atoms with Crippen molar-refractivity contribution in [1.29, 1.82) is 0 Å². The van der Waals surface area contributed by atoms with E-state index >= 15 is 0 Å². The van der Waals surface area contributed by atoms with Gasteiger partial charge in [0.05, 0.1) is 12.0 Å². The Morgan fingerprint density at radius 1 is 1.50 bits per heavy atom. The molecule has 0 radical (unpaired) electrons. The molecule has 14 heavy (non-hydrogen) atoms. The standard InChI is InChI=1S/C11H19NOS/c1-10(2)8-12-5-7-14-9-11-4-3-6-13-11/h3-4,6,10,12H,5,7-9H2,1-2H3. The van der Waals surface area contributed by atoms with Gasteiger partial charge in [0.2, 0.25) is 0 Å². The fourth-order valence-corrected chi connectivity index (χ4v) is 1.90. The first kappa shape index (κ1) is 11.7. The van der Waals surface area contributed by atoms with E-state index < -0.39 is 0 Å². The molecule has 1 rings (SSSR count). The second-order valence-electron chi connectivity index (χ2n) is 3.73. The Kier molecular flexibility index (Phi) is 5.80. The molecule has 1 heterocycles. The second-order valence-corrected chi connectivity index (χ2v) is 4.84. The Balaban J connectivity index is 1.90. The largest absolute Gasteiger partial charge is 0.468 e. The van der Waals surface area contributed by atoms with Gasteiger partial charge in [-0.1, -0.05) is 13.8 Å². The third-order valence-corrected chi connectivity index (χ3v) is 2.78. The van der Waals surface area contributed by atoms with Crippen LogP contribution in [0.5, 0.6) is 0 Å². The molecular formula is C11H19NOS. The summed E-state index contributed by atoms with van der Waals surface area (Å²) in [5, 5.41) is 3.41. The van der Waals surface area contributed by atoms with Gasteiger partial charge in [-0.2, -0.15) is 11.8 Å². The Morgan fingerprint density at radius 3 is 3.00 bits per heavy atom. The molecule has 0 saturated heterocycles. The van der Waals surface area contributed by atoms with Crippen LogP contribution in [-0.4, -0.2) is 18.8 Å². The second kappa shape index (κ2) is 6.96. The van der Waals surface area contributed by atoms with Crippen molar-refractivity contribution in [3.05, 3.63) is 24.2 Å². The van der Waals surface area contributed by atoms with Crippen molar-refractivity contribution in [2.75, 3.05) is 18.8 Å². The molecule has 0 bridgehead atoms. The van der Waals surface area contributed by atoms with Crippen LogP contribution < -0.4 is 5.32 Å². The average Bonchev–Trinajstić information content (AvgIpc) is 2.63. The minimum atomic E-state index is 0.741. The minimum Gasteiger partial charge on any atom is -0.468 e. The SMILES string of the molecule is CC(C)CNCCSCc1ccco1. The molecule has 0 amide bonds. The highest BCUT2D eigenvalue weighted by Crippen LogP contribution is 2.11.